The molecule has 7 heteroatoms. The van der Waals surface area contributed by atoms with Crippen LogP contribution in [0.4, 0.5) is 0 Å². The molecule has 6 nitrogen and oxygen atoms in total. The summed E-state index contributed by atoms with van der Waals surface area (Å²) in [5, 5.41) is 11.9. The summed E-state index contributed by atoms with van der Waals surface area (Å²) in [4.78, 5) is 20.9. The van der Waals surface area contributed by atoms with Gasteiger partial charge in [0.1, 0.15) is 12.2 Å². The van der Waals surface area contributed by atoms with Crippen LogP contribution < -0.4 is 10.1 Å². The van der Waals surface area contributed by atoms with Gasteiger partial charge in [0, 0.05) is 23.9 Å². The zero-order valence-corrected chi connectivity index (χ0v) is 15.4. The monoisotopic (exact) mass is 378 g/mol. The first-order chi connectivity index (χ1) is 13.2. The molecule has 1 N–H and O–H groups in total. The predicted molar refractivity (Wildman–Crippen MR) is 103 cm³/mol. The minimum absolute atomic E-state index is 0.0385. The van der Waals surface area contributed by atoms with E-state index in [1.165, 1.54) is 17.5 Å². The molecule has 0 radical (unpaired) electrons. The van der Waals surface area contributed by atoms with E-state index in [0.29, 0.717) is 17.0 Å². The van der Waals surface area contributed by atoms with E-state index in [9.17, 15) is 4.79 Å². The van der Waals surface area contributed by atoms with Crippen molar-refractivity contribution in [2.24, 2.45) is 0 Å². The molecule has 1 fully saturated rings. The molecular weight excluding hydrogens is 360 g/mol. The number of nitrogens with zero attached hydrogens (tertiary/aromatic N) is 3. The lowest BCUT2D eigenvalue weighted by molar-refractivity contribution is 0.0890. The van der Waals surface area contributed by atoms with Crippen LogP contribution in [0.5, 0.6) is 5.88 Å². The van der Waals surface area contributed by atoms with Gasteiger partial charge in [0.15, 0.2) is 0 Å². The van der Waals surface area contributed by atoms with Crippen LogP contribution in [0.25, 0.3) is 10.2 Å². The molecule has 1 aliphatic carbocycles. The summed E-state index contributed by atoms with van der Waals surface area (Å²) in [6.45, 7) is 0. The van der Waals surface area contributed by atoms with Crippen molar-refractivity contribution in [1.29, 1.82) is 5.26 Å². The molecule has 1 aliphatic rings. The maximum Gasteiger partial charge on any atom is 0.251 e. The van der Waals surface area contributed by atoms with Gasteiger partial charge < -0.3 is 10.1 Å². The number of hydrogen-bond donors (Lipinski definition) is 1. The van der Waals surface area contributed by atoms with E-state index in [2.05, 4.69) is 15.3 Å². The van der Waals surface area contributed by atoms with E-state index < -0.39 is 0 Å². The topological polar surface area (TPSA) is 87.9 Å². The number of nitrogens with one attached hydrogen (secondary N) is 1. The fraction of sp³-hybridized carbons (Fsp3) is 0.300. The van der Waals surface area contributed by atoms with Crippen molar-refractivity contribution >= 4 is 27.5 Å². The number of aromatic nitrogens is 2. The second-order valence-corrected chi connectivity index (χ2v) is 7.48. The number of benzene rings is 1. The highest BCUT2D eigenvalue weighted by molar-refractivity contribution is 7.16. The molecule has 27 heavy (non-hydrogen) atoms. The van der Waals surface area contributed by atoms with Crippen molar-refractivity contribution < 1.29 is 9.53 Å². The van der Waals surface area contributed by atoms with Crippen LogP contribution >= 0.6 is 11.3 Å². The van der Waals surface area contributed by atoms with Crippen LogP contribution in [0, 0.1) is 11.3 Å². The van der Waals surface area contributed by atoms with Gasteiger partial charge in [-0.25, -0.2) is 9.97 Å². The Labute approximate surface area is 160 Å². The first-order valence-corrected chi connectivity index (χ1v) is 9.76. The van der Waals surface area contributed by atoms with Crippen molar-refractivity contribution in [2.45, 2.75) is 37.8 Å². The zero-order valence-electron chi connectivity index (χ0n) is 14.6. The lowest BCUT2D eigenvalue weighted by Crippen LogP contribution is -2.39. The van der Waals surface area contributed by atoms with E-state index in [1.807, 2.05) is 24.3 Å². The smallest absolute Gasteiger partial charge is 0.251 e. The van der Waals surface area contributed by atoms with Crippen LogP contribution in [-0.4, -0.2) is 28.0 Å². The number of pyridine rings is 1. The second-order valence-electron chi connectivity index (χ2n) is 6.60. The molecular formula is C20H18N4O2S. The molecule has 3 aromatic rings. The van der Waals surface area contributed by atoms with Gasteiger partial charge in [-0.3, -0.25) is 4.79 Å². The van der Waals surface area contributed by atoms with Gasteiger partial charge in [0.2, 0.25) is 5.88 Å². The van der Waals surface area contributed by atoms with Crippen LogP contribution in [0.2, 0.25) is 0 Å². The average Bonchev–Trinajstić information content (AvgIpc) is 3.18. The summed E-state index contributed by atoms with van der Waals surface area (Å²) in [5.74, 6) is 0.503. The number of fused-ring (bicyclic) bond motifs is 1. The normalized spacial score (nSPS) is 19.4. The highest BCUT2D eigenvalue weighted by atomic mass is 32.1. The molecule has 2 aromatic heterocycles. The van der Waals surface area contributed by atoms with Crippen molar-refractivity contribution in [3.05, 3.63) is 53.2 Å². The second kappa shape index (κ2) is 7.72. The standard InChI is InChI=1S/C20H18N4O2S/c21-10-13-1-8-19(22-11-13)26-16-5-3-15(4-6-16)24-20(25)14-2-7-17-18(9-14)27-12-23-17/h1-2,7-9,11-12,15-16H,3-6H2,(H,24,25). The number of carbonyl (C=O) groups is 1. The third-order valence-electron chi connectivity index (χ3n) is 4.76. The Hall–Kier alpha value is -2.98. The van der Waals surface area contributed by atoms with Crippen molar-refractivity contribution in [1.82, 2.24) is 15.3 Å². The van der Waals surface area contributed by atoms with Crippen molar-refractivity contribution in [2.75, 3.05) is 0 Å². The Morgan fingerprint density at radius 3 is 2.78 bits per heavy atom. The largest absolute Gasteiger partial charge is 0.474 e. The summed E-state index contributed by atoms with van der Waals surface area (Å²) < 4.78 is 6.92. The number of carbonyl (C=O) groups excluding carboxylic acids is 1. The van der Waals surface area contributed by atoms with Crippen molar-refractivity contribution in [3.63, 3.8) is 0 Å². The van der Waals surface area contributed by atoms with Crippen LogP contribution in [-0.2, 0) is 0 Å². The molecule has 1 amide bonds. The number of ether oxygens (including phenoxy) is 1. The number of thiazole rings is 1. The molecule has 0 atom stereocenters. The first kappa shape index (κ1) is 17.4. The third-order valence-corrected chi connectivity index (χ3v) is 5.55. The Morgan fingerprint density at radius 2 is 2.04 bits per heavy atom. The highest BCUT2D eigenvalue weighted by Crippen LogP contribution is 2.24. The zero-order chi connectivity index (χ0) is 18.6. The summed E-state index contributed by atoms with van der Waals surface area (Å²) in [6.07, 6.45) is 5.07. The SMILES string of the molecule is N#Cc1ccc(OC2CCC(NC(=O)c3ccc4ncsc4c3)CC2)nc1. The van der Waals surface area contributed by atoms with Crippen LogP contribution in [0.1, 0.15) is 41.6 Å². The molecule has 0 bridgehead atoms. The predicted octanol–water partition coefficient (Wildman–Crippen LogP) is 3.68. The molecule has 1 saturated carbocycles. The Balaban J connectivity index is 1.29. The van der Waals surface area contributed by atoms with E-state index in [-0.39, 0.29) is 18.1 Å². The fourth-order valence-corrected chi connectivity index (χ4v) is 3.99. The molecule has 0 aliphatic heterocycles. The molecule has 4 rings (SSSR count). The van der Waals surface area contributed by atoms with Gasteiger partial charge in [-0.15, -0.1) is 11.3 Å². The lowest BCUT2D eigenvalue weighted by Gasteiger charge is -2.29. The van der Waals surface area contributed by atoms with Gasteiger partial charge >= 0.3 is 0 Å². The Bertz CT molecular complexity index is 985. The summed E-state index contributed by atoms with van der Waals surface area (Å²) >= 11 is 1.54. The first-order valence-electron chi connectivity index (χ1n) is 8.88. The molecule has 136 valence electrons. The fourth-order valence-electron chi connectivity index (χ4n) is 3.28. The quantitative estimate of drug-likeness (QED) is 0.748. The van der Waals surface area contributed by atoms with Crippen molar-refractivity contribution in [3.8, 4) is 11.9 Å². The summed E-state index contributed by atoms with van der Waals surface area (Å²) in [6, 6.07) is 11.2. The third kappa shape index (κ3) is 4.07. The summed E-state index contributed by atoms with van der Waals surface area (Å²) in [5.41, 5.74) is 3.90. The number of rotatable bonds is 4. The molecule has 0 saturated heterocycles. The van der Waals surface area contributed by atoms with E-state index >= 15 is 0 Å². The van der Waals surface area contributed by atoms with Gasteiger partial charge in [0.25, 0.3) is 5.91 Å². The minimum atomic E-state index is -0.0385. The average molecular weight is 378 g/mol. The number of nitriles is 1. The Kier molecular flexibility index (Phi) is 4.99. The summed E-state index contributed by atoms with van der Waals surface area (Å²) in [7, 11) is 0. The van der Waals surface area contributed by atoms with E-state index in [1.54, 1.807) is 17.6 Å². The van der Waals surface area contributed by atoms with E-state index in [4.69, 9.17) is 10.00 Å². The van der Waals surface area contributed by atoms with Crippen LogP contribution in [0.15, 0.2) is 42.0 Å². The van der Waals surface area contributed by atoms with Crippen LogP contribution in [0.3, 0.4) is 0 Å². The molecule has 2 heterocycles. The number of amides is 1. The Morgan fingerprint density at radius 1 is 1.19 bits per heavy atom. The van der Waals surface area contributed by atoms with Gasteiger partial charge in [-0.05, 0) is 49.9 Å². The van der Waals surface area contributed by atoms with Gasteiger partial charge in [0.05, 0.1) is 21.3 Å². The maximum absolute atomic E-state index is 12.5. The maximum atomic E-state index is 12.5. The molecule has 0 spiro atoms. The highest BCUT2D eigenvalue weighted by Gasteiger charge is 2.24. The molecule has 0 unspecified atom stereocenters. The van der Waals surface area contributed by atoms with Gasteiger partial charge in [-0.2, -0.15) is 5.26 Å². The van der Waals surface area contributed by atoms with E-state index in [0.717, 1.165) is 35.9 Å². The number of hydrogen-bond acceptors (Lipinski definition) is 6. The molecule has 1 aromatic carbocycles. The lowest BCUT2D eigenvalue weighted by atomic mass is 9.92. The van der Waals surface area contributed by atoms with Gasteiger partial charge in [-0.1, -0.05) is 0 Å². The minimum Gasteiger partial charge on any atom is -0.474 e.